The molecule has 1 N–H and O–H groups in total. The molecule has 8 nitrogen and oxygen atoms in total. The summed E-state index contributed by atoms with van der Waals surface area (Å²) < 4.78 is 5.21. The number of ether oxygens (including phenoxy) is 1. The predicted molar refractivity (Wildman–Crippen MR) is 140 cm³/mol. The largest absolute Gasteiger partial charge is 0.468 e. The molecule has 9 heteroatoms. The average Bonchev–Trinajstić information content (AvgIpc) is 3.36. The molecule has 2 aromatic rings. The van der Waals surface area contributed by atoms with Crippen molar-refractivity contribution in [3.63, 3.8) is 0 Å². The third kappa shape index (κ3) is 4.20. The fourth-order valence-corrected chi connectivity index (χ4v) is 5.88. The van der Waals surface area contributed by atoms with Gasteiger partial charge in [-0.25, -0.2) is 4.90 Å². The summed E-state index contributed by atoms with van der Waals surface area (Å²) in [5, 5.41) is 3.40. The number of hydrogen-bond donors (Lipinski definition) is 1. The highest BCUT2D eigenvalue weighted by Gasteiger charge is 2.68. The van der Waals surface area contributed by atoms with Gasteiger partial charge in [0.25, 0.3) is 0 Å². The first-order chi connectivity index (χ1) is 17.2. The summed E-state index contributed by atoms with van der Waals surface area (Å²) in [5.74, 6) is -2.72. The van der Waals surface area contributed by atoms with Crippen LogP contribution in [0.15, 0.2) is 48.5 Å². The van der Waals surface area contributed by atoms with Crippen LogP contribution in [0, 0.1) is 11.8 Å². The van der Waals surface area contributed by atoms with Gasteiger partial charge in [0.05, 0.1) is 24.6 Å². The normalized spacial score (nSPS) is 25.1. The summed E-state index contributed by atoms with van der Waals surface area (Å²) in [6.07, 6.45) is 2.25. The molecule has 4 atom stereocenters. The Bertz CT molecular complexity index is 1200. The summed E-state index contributed by atoms with van der Waals surface area (Å²) in [4.78, 5) is 56.3. The van der Waals surface area contributed by atoms with Crippen LogP contribution in [0.25, 0.3) is 0 Å². The Morgan fingerprint density at radius 1 is 1.11 bits per heavy atom. The lowest BCUT2D eigenvalue weighted by Crippen LogP contribution is -2.56. The Hall–Kier alpha value is -3.17. The number of esters is 1. The smallest absolute Gasteiger partial charge is 0.326 e. The summed E-state index contributed by atoms with van der Waals surface area (Å²) in [7, 11) is 5.18. The molecule has 0 radical (unpaired) electrons. The number of ketones is 1. The van der Waals surface area contributed by atoms with Crippen LogP contribution < -0.4 is 15.1 Å². The molecule has 0 unspecified atom stereocenters. The SMILES string of the molecule is COC(=O)[C@]1(CCSC)N[C@@H](c2ccc(N(C)C)cc2)[C@@H]2C(=O)N(c3cccc(C(C)=O)c3)C(=O)[C@H]21. The third-order valence-corrected chi connectivity index (χ3v) is 7.80. The van der Waals surface area contributed by atoms with Gasteiger partial charge in [-0.15, -0.1) is 0 Å². The standard InChI is InChI=1S/C27H31N3O5S/c1-16(31)18-7-6-8-20(15-18)30-24(32)21-22(25(30)33)27(13-14-36-5,26(34)35-4)28-23(21)17-9-11-19(12-10-17)29(2)3/h6-12,15,21-23,28H,13-14H2,1-5H3/t21-,22+,23+,27-/m1/s1. The van der Waals surface area contributed by atoms with Gasteiger partial charge in [-0.05, 0) is 55.2 Å². The number of anilines is 2. The average molecular weight is 510 g/mol. The molecule has 2 aliphatic heterocycles. The minimum Gasteiger partial charge on any atom is -0.468 e. The van der Waals surface area contributed by atoms with Crippen LogP contribution in [0.3, 0.4) is 0 Å². The highest BCUT2D eigenvalue weighted by Crippen LogP contribution is 2.51. The van der Waals surface area contributed by atoms with Crippen molar-refractivity contribution in [1.29, 1.82) is 0 Å². The lowest BCUT2D eigenvalue weighted by Gasteiger charge is -2.32. The van der Waals surface area contributed by atoms with Gasteiger partial charge in [-0.3, -0.25) is 24.5 Å². The van der Waals surface area contributed by atoms with E-state index in [2.05, 4.69) is 5.32 Å². The van der Waals surface area contributed by atoms with Crippen molar-refractivity contribution in [2.45, 2.75) is 24.9 Å². The Balaban J connectivity index is 1.84. The van der Waals surface area contributed by atoms with Gasteiger partial charge in [0, 0.05) is 31.4 Å². The van der Waals surface area contributed by atoms with Crippen LogP contribution in [-0.4, -0.2) is 62.3 Å². The van der Waals surface area contributed by atoms with E-state index in [4.69, 9.17) is 4.74 Å². The maximum Gasteiger partial charge on any atom is 0.326 e. The topological polar surface area (TPSA) is 96.0 Å². The second-order valence-corrected chi connectivity index (χ2v) is 10.4. The third-order valence-electron chi connectivity index (χ3n) is 7.18. The first-order valence-corrected chi connectivity index (χ1v) is 13.2. The lowest BCUT2D eigenvalue weighted by molar-refractivity contribution is -0.152. The molecule has 0 saturated carbocycles. The number of carbonyl (C=O) groups excluding carboxylic acids is 4. The summed E-state index contributed by atoms with van der Waals surface area (Å²) in [5.41, 5.74) is 1.18. The van der Waals surface area contributed by atoms with Crippen molar-refractivity contribution in [1.82, 2.24) is 5.32 Å². The van der Waals surface area contributed by atoms with Gasteiger partial charge < -0.3 is 9.64 Å². The molecule has 0 aromatic heterocycles. The van der Waals surface area contributed by atoms with E-state index in [1.807, 2.05) is 49.5 Å². The maximum atomic E-state index is 14.0. The number of hydrogen-bond acceptors (Lipinski definition) is 8. The number of rotatable bonds is 8. The molecular formula is C27H31N3O5S. The van der Waals surface area contributed by atoms with E-state index < -0.39 is 41.2 Å². The van der Waals surface area contributed by atoms with Gasteiger partial charge in [-0.2, -0.15) is 11.8 Å². The zero-order valence-corrected chi connectivity index (χ0v) is 21.9. The second kappa shape index (κ2) is 10.1. The Labute approximate surface area is 215 Å². The molecule has 2 fully saturated rings. The molecule has 190 valence electrons. The van der Waals surface area contributed by atoms with E-state index in [0.29, 0.717) is 23.4 Å². The van der Waals surface area contributed by atoms with Gasteiger partial charge in [0.1, 0.15) is 5.54 Å². The zero-order valence-electron chi connectivity index (χ0n) is 21.1. The van der Waals surface area contributed by atoms with E-state index in [9.17, 15) is 19.2 Å². The Morgan fingerprint density at radius 2 is 1.81 bits per heavy atom. The number of benzene rings is 2. The molecular weight excluding hydrogens is 478 g/mol. The van der Waals surface area contributed by atoms with Crippen molar-refractivity contribution in [3.05, 3.63) is 59.7 Å². The monoisotopic (exact) mass is 509 g/mol. The summed E-state index contributed by atoms with van der Waals surface area (Å²) in [6, 6.07) is 13.6. The molecule has 2 saturated heterocycles. The second-order valence-electron chi connectivity index (χ2n) is 9.44. The first kappa shape index (κ1) is 25.9. The molecule has 0 spiro atoms. The van der Waals surface area contributed by atoms with Crippen LogP contribution in [-0.2, 0) is 19.1 Å². The molecule has 2 amide bonds. The maximum absolute atomic E-state index is 14.0. The molecule has 2 heterocycles. The molecule has 2 aromatic carbocycles. The van der Waals surface area contributed by atoms with E-state index in [-0.39, 0.29) is 5.78 Å². The van der Waals surface area contributed by atoms with E-state index in [1.165, 1.54) is 14.0 Å². The molecule has 0 bridgehead atoms. The lowest BCUT2D eigenvalue weighted by atomic mass is 9.78. The van der Waals surface area contributed by atoms with Crippen LogP contribution >= 0.6 is 11.8 Å². The van der Waals surface area contributed by atoms with Crippen molar-refractivity contribution in [2.24, 2.45) is 11.8 Å². The molecule has 2 aliphatic rings. The highest BCUT2D eigenvalue weighted by molar-refractivity contribution is 7.98. The number of thioether (sulfide) groups is 1. The number of fused-ring (bicyclic) bond motifs is 1. The fraction of sp³-hybridized carbons (Fsp3) is 0.407. The van der Waals surface area contributed by atoms with Gasteiger partial charge in [-0.1, -0.05) is 24.3 Å². The Kier molecular flexibility index (Phi) is 7.24. The van der Waals surface area contributed by atoms with Crippen molar-refractivity contribution in [2.75, 3.05) is 43.0 Å². The van der Waals surface area contributed by atoms with Crippen molar-refractivity contribution >= 4 is 46.7 Å². The minimum atomic E-state index is -1.35. The number of nitrogens with one attached hydrogen (secondary N) is 1. The quantitative estimate of drug-likeness (QED) is 0.330. The number of methoxy groups -OCH3 is 1. The van der Waals surface area contributed by atoms with Gasteiger partial charge >= 0.3 is 5.97 Å². The number of nitrogens with zero attached hydrogens (tertiary/aromatic N) is 2. The van der Waals surface area contributed by atoms with E-state index >= 15 is 0 Å². The van der Waals surface area contributed by atoms with Crippen LogP contribution in [0.4, 0.5) is 11.4 Å². The number of imide groups is 1. The number of carbonyl (C=O) groups is 4. The fourth-order valence-electron chi connectivity index (χ4n) is 5.35. The van der Waals surface area contributed by atoms with E-state index in [1.54, 1.807) is 36.0 Å². The minimum absolute atomic E-state index is 0.166. The zero-order chi connectivity index (χ0) is 26.2. The summed E-state index contributed by atoms with van der Waals surface area (Å²) >= 11 is 1.56. The van der Waals surface area contributed by atoms with Crippen molar-refractivity contribution < 1.29 is 23.9 Å². The molecule has 4 rings (SSSR count). The van der Waals surface area contributed by atoms with Crippen LogP contribution in [0.2, 0.25) is 0 Å². The molecule has 36 heavy (non-hydrogen) atoms. The number of amides is 2. The van der Waals surface area contributed by atoms with Gasteiger partial charge in [0.2, 0.25) is 11.8 Å². The molecule has 0 aliphatic carbocycles. The van der Waals surface area contributed by atoms with Crippen LogP contribution in [0.1, 0.15) is 35.3 Å². The van der Waals surface area contributed by atoms with Crippen LogP contribution in [0.5, 0.6) is 0 Å². The Morgan fingerprint density at radius 3 is 2.39 bits per heavy atom. The first-order valence-electron chi connectivity index (χ1n) is 11.8. The van der Waals surface area contributed by atoms with Gasteiger partial charge in [0.15, 0.2) is 5.78 Å². The number of Topliss-reactive ketones (excluding diaryl/α,β-unsaturated/α-hetero) is 1. The summed E-state index contributed by atoms with van der Waals surface area (Å²) in [6.45, 7) is 1.43. The predicted octanol–water partition coefficient (Wildman–Crippen LogP) is 3.07. The van der Waals surface area contributed by atoms with Crippen molar-refractivity contribution in [3.8, 4) is 0 Å². The van der Waals surface area contributed by atoms with E-state index in [0.717, 1.165) is 16.2 Å². The highest BCUT2D eigenvalue weighted by atomic mass is 32.2.